The van der Waals surface area contributed by atoms with Gasteiger partial charge in [0.05, 0.1) is 18.6 Å². The number of ether oxygens (including phenoxy) is 1. The molecule has 0 aromatic heterocycles. The van der Waals surface area contributed by atoms with Gasteiger partial charge in [0.2, 0.25) is 5.91 Å². The Labute approximate surface area is 126 Å². The van der Waals surface area contributed by atoms with Gasteiger partial charge in [-0.1, -0.05) is 25.0 Å². The first-order valence-corrected chi connectivity index (χ1v) is 7.69. The molecule has 2 rings (SSSR count). The number of rotatable bonds is 6. The Morgan fingerprint density at radius 2 is 2.14 bits per heavy atom. The van der Waals surface area contributed by atoms with Crippen LogP contribution < -0.4 is 10.1 Å². The van der Waals surface area contributed by atoms with Crippen molar-refractivity contribution in [3.05, 3.63) is 29.8 Å². The first-order chi connectivity index (χ1) is 10.1. The number of nitrogens with one attached hydrogen (secondary N) is 1. The Hall–Kier alpha value is -1.55. The molecule has 4 nitrogen and oxygen atoms in total. The molecule has 1 saturated carbocycles. The predicted octanol–water partition coefficient (Wildman–Crippen LogP) is 2.39. The highest BCUT2D eigenvalue weighted by molar-refractivity contribution is 5.88. The van der Waals surface area contributed by atoms with Gasteiger partial charge >= 0.3 is 0 Å². The van der Waals surface area contributed by atoms with E-state index in [2.05, 4.69) is 5.32 Å². The van der Waals surface area contributed by atoms with Crippen LogP contribution in [-0.2, 0) is 10.2 Å². The minimum absolute atomic E-state index is 0.0777. The summed E-state index contributed by atoms with van der Waals surface area (Å²) >= 11 is 0. The number of methoxy groups -OCH3 is 1. The summed E-state index contributed by atoms with van der Waals surface area (Å²) in [5, 5.41) is 12.3. The molecule has 0 saturated heterocycles. The number of benzene rings is 1. The Morgan fingerprint density at radius 1 is 1.43 bits per heavy atom. The molecule has 1 aliphatic carbocycles. The maximum absolute atomic E-state index is 12.7. The molecule has 1 aliphatic rings. The van der Waals surface area contributed by atoms with E-state index in [4.69, 9.17) is 4.74 Å². The molecule has 1 aromatic carbocycles. The summed E-state index contributed by atoms with van der Waals surface area (Å²) in [5.41, 5.74) is 0.599. The monoisotopic (exact) mass is 291 g/mol. The van der Waals surface area contributed by atoms with Crippen LogP contribution in [0, 0.1) is 0 Å². The van der Waals surface area contributed by atoms with Gasteiger partial charge in [-0.05, 0) is 43.9 Å². The molecule has 1 unspecified atom stereocenters. The van der Waals surface area contributed by atoms with Crippen LogP contribution in [0.4, 0.5) is 0 Å². The average molecular weight is 291 g/mol. The van der Waals surface area contributed by atoms with Crippen LogP contribution >= 0.6 is 0 Å². The van der Waals surface area contributed by atoms with Crippen molar-refractivity contribution in [2.45, 2.75) is 50.5 Å². The lowest BCUT2D eigenvalue weighted by Crippen LogP contribution is -2.43. The summed E-state index contributed by atoms with van der Waals surface area (Å²) in [4.78, 5) is 12.7. The maximum Gasteiger partial charge on any atom is 0.230 e. The first-order valence-electron chi connectivity index (χ1n) is 7.69. The third-order valence-corrected chi connectivity index (χ3v) is 4.36. The molecular formula is C17H25NO3. The minimum atomic E-state index is -0.437. The standard InChI is InChI=1S/C17H25NO3/c1-13(19)8-11-18-16(20)17(9-3-4-10-17)14-6-5-7-15(12-14)21-2/h5-7,12-13,19H,3-4,8-11H2,1-2H3,(H,18,20). The SMILES string of the molecule is COc1cccc(C2(C(=O)NCCC(C)O)CCCC2)c1. The van der Waals surface area contributed by atoms with Gasteiger partial charge in [-0.15, -0.1) is 0 Å². The molecule has 1 aromatic rings. The zero-order chi connectivity index (χ0) is 15.3. The summed E-state index contributed by atoms with van der Waals surface area (Å²) in [6.07, 6.45) is 4.09. The third-order valence-electron chi connectivity index (χ3n) is 4.36. The van der Waals surface area contributed by atoms with Crippen LogP contribution in [0.15, 0.2) is 24.3 Å². The Balaban J connectivity index is 2.17. The number of carbonyl (C=O) groups is 1. The molecule has 0 heterocycles. The van der Waals surface area contributed by atoms with Crippen LogP contribution in [0.5, 0.6) is 5.75 Å². The van der Waals surface area contributed by atoms with Gasteiger partial charge in [-0.3, -0.25) is 4.79 Å². The molecule has 0 bridgehead atoms. The Morgan fingerprint density at radius 3 is 2.76 bits per heavy atom. The highest BCUT2D eigenvalue weighted by Crippen LogP contribution is 2.42. The van der Waals surface area contributed by atoms with E-state index in [1.54, 1.807) is 14.0 Å². The molecule has 0 spiro atoms. The summed E-state index contributed by atoms with van der Waals surface area (Å²) in [5.74, 6) is 0.865. The number of hydrogen-bond acceptors (Lipinski definition) is 3. The fourth-order valence-corrected chi connectivity index (χ4v) is 3.11. The number of aliphatic hydroxyl groups excluding tert-OH is 1. The van der Waals surface area contributed by atoms with E-state index < -0.39 is 5.41 Å². The van der Waals surface area contributed by atoms with Gasteiger partial charge in [0, 0.05) is 6.54 Å². The van der Waals surface area contributed by atoms with E-state index in [1.165, 1.54) is 0 Å². The van der Waals surface area contributed by atoms with Gasteiger partial charge in [0.15, 0.2) is 0 Å². The Kier molecular flexibility index (Phi) is 5.23. The molecule has 2 N–H and O–H groups in total. The molecule has 116 valence electrons. The lowest BCUT2D eigenvalue weighted by Gasteiger charge is -2.28. The zero-order valence-corrected chi connectivity index (χ0v) is 12.9. The number of hydrogen-bond donors (Lipinski definition) is 2. The van der Waals surface area contributed by atoms with Crippen LogP contribution in [-0.4, -0.2) is 30.8 Å². The van der Waals surface area contributed by atoms with Crippen LogP contribution in [0.1, 0.15) is 44.6 Å². The van der Waals surface area contributed by atoms with Gasteiger partial charge < -0.3 is 15.2 Å². The highest BCUT2D eigenvalue weighted by Gasteiger charge is 2.42. The fourth-order valence-electron chi connectivity index (χ4n) is 3.11. The molecule has 4 heteroatoms. The largest absolute Gasteiger partial charge is 0.497 e. The van der Waals surface area contributed by atoms with Crippen molar-refractivity contribution >= 4 is 5.91 Å². The van der Waals surface area contributed by atoms with Crippen molar-refractivity contribution in [1.82, 2.24) is 5.32 Å². The third kappa shape index (κ3) is 3.56. The number of carbonyl (C=O) groups excluding carboxylic acids is 1. The second-order valence-electron chi connectivity index (χ2n) is 5.91. The lowest BCUT2D eigenvalue weighted by atomic mass is 9.78. The predicted molar refractivity (Wildman–Crippen MR) is 82.4 cm³/mol. The second-order valence-corrected chi connectivity index (χ2v) is 5.91. The lowest BCUT2D eigenvalue weighted by molar-refractivity contribution is -0.126. The fraction of sp³-hybridized carbons (Fsp3) is 0.588. The molecule has 1 amide bonds. The molecule has 0 aliphatic heterocycles. The van der Waals surface area contributed by atoms with Crippen LogP contribution in [0.25, 0.3) is 0 Å². The molecule has 21 heavy (non-hydrogen) atoms. The minimum Gasteiger partial charge on any atom is -0.497 e. The highest BCUT2D eigenvalue weighted by atomic mass is 16.5. The van der Waals surface area contributed by atoms with Gasteiger partial charge in [-0.2, -0.15) is 0 Å². The van der Waals surface area contributed by atoms with E-state index in [0.717, 1.165) is 37.0 Å². The van der Waals surface area contributed by atoms with Crippen molar-refractivity contribution in [3.8, 4) is 5.75 Å². The van der Waals surface area contributed by atoms with Crippen LogP contribution in [0.3, 0.4) is 0 Å². The average Bonchev–Trinajstić information content (AvgIpc) is 2.97. The van der Waals surface area contributed by atoms with Crippen molar-refractivity contribution < 1.29 is 14.6 Å². The normalized spacial score (nSPS) is 18.2. The van der Waals surface area contributed by atoms with Gasteiger partial charge in [-0.25, -0.2) is 0 Å². The van der Waals surface area contributed by atoms with Crippen LogP contribution in [0.2, 0.25) is 0 Å². The topological polar surface area (TPSA) is 58.6 Å². The summed E-state index contributed by atoms with van der Waals surface area (Å²) < 4.78 is 5.29. The number of aliphatic hydroxyl groups is 1. The van der Waals surface area contributed by atoms with Gasteiger partial charge in [0.1, 0.15) is 5.75 Å². The van der Waals surface area contributed by atoms with E-state index in [9.17, 15) is 9.90 Å². The van der Waals surface area contributed by atoms with Gasteiger partial charge in [0.25, 0.3) is 0 Å². The molecule has 0 radical (unpaired) electrons. The first kappa shape index (κ1) is 15.8. The molecular weight excluding hydrogens is 266 g/mol. The maximum atomic E-state index is 12.7. The summed E-state index contributed by atoms with van der Waals surface area (Å²) in [6.45, 7) is 2.25. The van der Waals surface area contributed by atoms with E-state index >= 15 is 0 Å². The molecule has 1 atom stereocenters. The van der Waals surface area contributed by atoms with E-state index in [-0.39, 0.29) is 12.0 Å². The summed E-state index contributed by atoms with van der Waals surface area (Å²) in [7, 11) is 1.64. The smallest absolute Gasteiger partial charge is 0.230 e. The zero-order valence-electron chi connectivity index (χ0n) is 12.9. The number of amides is 1. The van der Waals surface area contributed by atoms with E-state index in [1.807, 2.05) is 24.3 Å². The molecule has 1 fully saturated rings. The van der Waals surface area contributed by atoms with E-state index in [0.29, 0.717) is 13.0 Å². The summed E-state index contributed by atoms with van der Waals surface area (Å²) in [6, 6.07) is 7.83. The second kappa shape index (κ2) is 6.94. The quantitative estimate of drug-likeness (QED) is 0.846. The van der Waals surface area contributed by atoms with Crippen molar-refractivity contribution in [2.75, 3.05) is 13.7 Å². The van der Waals surface area contributed by atoms with Crippen molar-refractivity contribution in [1.29, 1.82) is 0 Å². The van der Waals surface area contributed by atoms with Crippen molar-refractivity contribution in [2.24, 2.45) is 0 Å². The van der Waals surface area contributed by atoms with Crippen molar-refractivity contribution in [3.63, 3.8) is 0 Å². The Bertz CT molecular complexity index is 479.